The predicted molar refractivity (Wildman–Crippen MR) is 199 cm³/mol. The number of sulfonamides is 1. The number of carbonyl (C=O) groups is 4. The van der Waals surface area contributed by atoms with Crippen LogP contribution in [0, 0.1) is 0 Å². The Hall–Kier alpha value is -5.22. The fourth-order valence-electron chi connectivity index (χ4n) is 5.65. The van der Waals surface area contributed by atoms with Gasteiger partial charge in [-0.25, -0.2) is 18.2 Å². The minimum absolute atomic E-state index is 0.0213. The standard InChI is InChI=1S/C36H43N5O9S.CH5N/c1-6-10-27(33(43)40-51(46,47)25-14-15-25)39-34(44)30-18-24(21-41(30)32(42)20-37-35(45)50-36(2,3)4)49-31-19-28(22-11-8-7-9-12-22)38-29-17-23(48-5)13-16-26(29)31;1-2/h6-9,11-13,16-17,19,24-25,27,30H,1,10,14-15,18,20-21H2,2-5H3,(H,37,45)(H,39,44)(H,40,43);2H2,1H3/t24?,27-,30+;/m1./s1. The normalized spacial score (nSPS) is 17.4. The number of nitrogens with one attached hydrogen (secondary N) is 3. The summed E-state index contributed by atoms with van der Waals surface area (Å²) in [6, 6.07) is 14.3. The molecule has 4 amide bonds. The molecule has 0 spiro atoms. The molecule has 2 aromatic carbocycles. The fraction of sp³-hybridized carbons (Fsp3) is 0.432. The van der Waals surface area contributed by atoms with Gasteiger partial charge >= 0.3 is 6.09 Å². The lowest BCUT2D eigenvalue weighted by atomic mass is 10.1. The Labute approximate surface area is 309 Å². The first-order valence-electron chi connectivity index (χ1n) is 17.2. The Morgan fingerprint density at radius 1 is 1.08 bits per heavy atom. The van der Waals surface area contributed by atoms with Gasteiger partial charge in [0.25, 0.3) is 5.91 Å². The van der Waals surface area contributed by atoms with Gasteiger partial charge in [0, 0.05) is 29.5 Å². The highest BCUT2D eigenvalue weighted by Crippen LogP contribution is 2.34. The number of amides is 4. The number of hydrogen-bond donors (Lipinski definition) is 4. The quantitative estimate of drug-likeness (QED) is 0.187. The summed E-state index contributed by atoms with van der Waals surface area (Å²) in [7, 11) is -0.824. The van der Waals surface area contributed by atoms with Crippen molar-refractivity contribution in [3.63, 3.8) is 0 Å². The van der Waals surface area contributed by atoms with Gasteiger partial charge in [-0.1, -0.05) is 36.4 Å². The number of carbonyl (C=O) groups excluding carboxylic acids is 4. The number of hydrogen-bond acceptors (Lipinski definition) is 11. The zero-order chi connectivity index (χ0) is 38.9. The summed E-state index contributed by atoms with van der Waals surface area (Å²) in [6.45, 7) is 8.18. The lowest BCUT2D eigenvalue weighted by molar-refractivity contribution is -0.138. The molecule has 2 heterocycles. The van der Waals surface area contributed by atoms with E-state index in [4.69, 9.17) is 19.2 Å². The van der Waals surface area contributed by atoms with Gasteiger partial charge in [0.1, 0.15) is 41.8 Å². The summed E-state index contributed by atoms with van der Waals surface area (Å²) < 4.78 is 44.2. The highest BCUT2D eigenvalue weighted by molar-refractivity contribution is 7.90. The molecular weight excluding hydrogens is 705 g/mol. The molecule has 5 rings (SSSR count). The van der Waals surface area contributed by atoms with Gasteiger partial charge in [0.05, 0.1) is 30.1 Å². The minimum Gasteiger partial charge on any atom is -0.497 e. The Bertz CT molecular complexity index is 1910. The van der Waals surface area contributed by atoms with Crippen molar-refractivity contribution in [3.8, 4) is 22.8 Å². The van der Waals surface area contributed by atoms with Crippen LogP contribution in [0.2, 0.25) is 0 Å². The minimum atomic E-state index is -3.88. The molecule has 2 aliphatic rings. The highest BCUT2D eigenvalue weighted by atomic mass is 32.2. The lowest BCUT2D eigenvalue weighted by Gasteiger charge is -2.26. The van der Waals surface area contributed by atoms with Crippen molar-refractivity contribution in [1.82, 2.24) is 25.2 Å². The first-order valence-corrected chi connectivity index (χ1v) is 18.7. The summed E-state index contributed by atoms with van der Waals surface area (Å²) in [5.74, 6) is -1.14. The first kappa shape index (κ1) is 40.5. The maximum absolute atomic E-state index is 13.8. The van der Waals surface area contributed by atoms with Crippen LogP contribution in [0.4, 0.5) is 4.79 Å². The van der Waals surface area contributed by atoms with Crippen LogP contribution in [-0.4, -0.2) is 98.4 Å². The maximum Gasteiger partial charge on any atom is 0.408 e. The van der Waals surface area contributed by atoms with E-state index in [0.717, 1.165) is 5.56 Å². The number of likely N-dealkylation sites (tertiary alicyclic amines) is 1. The number of ether oxygens (including phenoxy) is 3. The smallest absolute Gasteiger partial charge is 0.408 e. The Kier molecular flexibility index (Phi) is 13.4. The predicted octanol–water partition coefficient (Wildman–Crippen LogP) is 3.03. The van der Waals surface area contributed by atoms with Gasteiger partial charge in [0.2, 0.25) is 21.8 Å². The van der Waals surface area contributed by atoms with E-state index in [0.29, 0.717) is 40.9 Å². The van der Waals surface area contributed by atoms with E-state index in [2.05, 4.69) is 27.7 Å². The number of fused-ring (bicyclic) bond motifs is 1. The lowest BCUT2D eigenvalue weighted by Crippen LogP contribution is -2.54. The molecule has 5 N–H and O–H groups in total. The molecule has 1 unspecified atom stereocenters. The van der Waals surface area contributed by atoms with Gasteiger partial charge in [-0.05, 0) is 59.2 Å². The third kappa shape index (κ3) is 10.9. The van der Waals surface area contributed by atoms with Crippen molar-refractivity contribution in [1.29, 1.82) is 0 Å². The number of alkyl carbamates (subject to hydrolysis) is 1. The largest absolute Gasteiger partial charge is 0.497 e. The van der Waals surface area contributed by atoms with Gasteiger partial charge in [-0.3, -0.25) is 19.1 Å². The molecule has 1 saturated carbocycles. The van der Waals surface area contributed by atoms with Crippen molar-refractivity contribution in [2.45, 2.75) is 75.5 Å². The molecule has 1 aromatic heterocycles. The van der Waals surface area contributed by atoms with E-state index in [-0.39, 0.29) is 19.4 Å². The van der Waals surface area contributed by atoms with Crippen LogP contribution < -0.4 is 30.6 Å². The van der Waals surface area contributed by atoms with E-state index < -0.39 is 69.4 Å². The molecular formula is C37H48N6O9S. The number of pyridine rings is 1. The molecule has 1 aliphatic carbocycles. The molecule has 15 nitrogen and oxygen atoms in total. The monoisotopic (exact) mass is 752 g/mol. The molecule has 53 heavy (non-hydrogen) atoms. The third-order valence-electron chi connectivity index (χ3n) is 8.25. The van der Waals surface area contributed by atoms with Crippen molar-refractivity contribution in [3.05, 3.63) is 67.3 Å². The zero-order valence-corrected chi connectivity index (χ0v) is 31.4. The van der Waals surface area contributed by atoms with Crippen molar-refractivity contribution in [2.75, 3.05) is 27.2 Å². The second kappa shape index (κ2) is 17.5. The highest BCUT2D eigenvalue weighted by Gasteiger charge is 2.43. The summed E-state index contributed by atoms with van der Waals surface area (Å²) >= 11 is 0. The number of aromatic nitrogens is 1. The summed E-state index contributed by atoms with van der Waals surface area (Å²) in [5.41, 5.74) is 5.78. The van der Waals surface area contributed by atoms with Crippen molar-refractivity contribution >= 4 is 44.7 Å². The number of methoxy groups -OCH3 is 1. The average molecular weight is 753 g/mol. The molecule has 0 bridgehead atoms. The van der Waals surface area contributed by atoms with Crippen LogP contribution in [-0.2, 0) is 29.1 Å². The molecule has 2 fully saturated rings. The van der Waals surface area contributed by atoms with Crippen LogP contribution in [0.3, 0.4) is 0 Å². The molecule has 3 aromatic rings. The molecule has 3 atom stereocenters. The van der Waals surface area contributed by atoms with E-state index >= 15 is 0 Å². The van der Waals surface area contributed by atoms with Crippen LogP contribution in [0.1, 0.15) is 46.5 Å². The van der Waals surface area contributed by atoms with Crippen LogP contribution >= 0.6 is 0 Å². The molecule has 286 valence electrons. The number of rotatable bonds is 13. The van der Waals surface area contributed by atoms with Gasteiger partial charge in [-0.2, -0.15) is 0 Å². The second-order valence-corrected chi connectivity index (χ2v) is 15.4. The SMILES string of the molecule is C=CC[C@@H](NC(=O)[C@@H]1CC(Oc2cc(-c3ccccc3)nc3cc(OC)ccc23)CN1C(=O)CNC(=O)OC(C)(C)C)C(=O)NS(=O)(=O)C1CC1.CN. The van der Waals surface area contributed by atoms with Gasteiger partial charge < -0.3 is 35.5 Å². The summed E-state index contributed by atoms with van der Waals surface area (Å²) in [4.78, 5) is 58.9. The molecule has 1 aliphatic heterocycles. The number of nitrogens with two attached hydrogens (primary N) is 1. The topological polar surface area (TPSA) is 208 Å². The van der Waals surface area contributed by atoms with Crippen molar-refractivity contribution in [2.24, 2.45) is 5.73 Å². The summed E-state index contributed by atoms with van der Waals surface area (Å²) in [5, 5.41) is 5.07. The summed E-state index contributed by atoms with van der Waals surface area (Å²) in [6.07, 6.45) is 0.732. The Morgan fingerprint density at radius 3 is 2.40 bits per heavy atom. The van der Waals surface area contributed by atoms with Crippen LogP contribution in [0.25, 0.3) is 22.2 Å². The average Bonchev–Trinajstić information content (AvgIpc) is 3.91. The van der Waals surface area contributed by atoms with Crippen LogP contribution in [0.5, 0.6) is 11.5 Å². The first-order chi connectivity index (χ1) is 25.2. The zero-order valence-electron chi connectivity index (χ0n) is 30.6. The number of benzene rings is 2. The van der Waals surface area contributed by atoms with E-state index in [1.807, 2.05) is 36.4 Å². The Morgan fingerprint density at radius 2 is 1.77 bits per heavy atom. The van der Waals surface area contributed by atoms with Crippen LogP contribution in [0.15, 0.2) is 67.3 Å². The van der Waals surface area contributed by atoms with E-state index in [1.54, 1.807) is 46.1 Å². The van der Waals surface area contributed by atoms with E-state index in [9.17, 15) is 27.6 Å². The van der Waals surface area contributed by atoms with Gasteiger partial charge in [-0.15, -0.1) is 6.58 Å². The molecule has 0 radical (unpaired) electrons. The molecule has 16 heteroatoms. The Balaban J connectivity index is 0.00000308. The van der Waals surface area contributed by atoms with E-state index in [1.165, 1.54) is 18.0 Å². The number of nitrogens with zero attached hydrogens (tertiary/aromatic N) is 2. The fourth-order valence-corrected chi connectivity index (χ4v) is 6.99. The second-order valence-electron chi connectivity index (χ2n) is 13.4. The third-order valence-corrected chi connectivity index (χ3v) is 10.1. The maximum atomic E-state index is 13.8. The van der Waals surface area contributed by atoms with Gasteiger partial charge in [0.15, 0.2) is 0 Å². The molecule has 1 saturated heterocycles. The van der Waals surface area contributed by atoms with Crippen molar-refractivity contribution < 1.29 is 41.8 Å².